The summed E-state index contributed by atoms with van der Waals surface area (Å²) in [7, 11) is 0. The molecule has 76 valence electrons. The number of carbonyl (C=O) groups excluding carboxylic acids is 1. The Morgan fingerprint density at radius 3 is 2.54 bits per heavy atom. The quantitative estimate of drug-likeness (QED) is 0.666. The summed E-state index contributed by atoms with van der Waals surface area (Å²) in [5.41, 5.74) is 5.58. The minimum absolute atomic E-state index is 0.174. The van der Waals surface area contributed by atoms with Crippen molar-refractivity contribution in [2.75, 3.05) is 6.54 Å². The number of nitrogens with one attached hydrogen (secondary N) is 1. The molecule has 3 N–H and O–H groups in total. The summed E-state index contributed by atoms with van der Waals surface area (Å²) in [6.07, 6.45) is 3.10. The first-order valence-electron chi connectivity index (χ1n) is 5.14. The molecule has 0 bridgehead atoms. The van der Waals surface area contributed by atoms with Crippen LogP contribution >= 0.6 is 0 Å². The van der Waals surface area contributed by atoms with Crippen molar-refractivity contribution in [2.45, 2.75) is 39.2 Å². The van der Waals surface area contributed by atoms with E-state index >= 15 is 0 Å². The lowest BCUT2D eigenvalue weighted by Gasteiger charge is -2.18. The second-order valence-corrected chi connectivity index (χ2v) is 4.35. The highest BCUT2D eigenvalue weighted by atomic mass is 16.2. The minimum Gasteiger partial charge on any atom is -0.352 e. The second kappa shape index (κ2) is 4.61. The van der Waals surface area contributed by atoms with Gasteiger partial charge in [-0.25, -0.2) is 0 Å². The molecule has 1 aliphatic carbocycles. The molecule has 1 rings (SSSR count). The van der Waals surface area contributed by atoms with Crippen LogP contribution in [0.3, 0.4) is 0 Å². The van der Waals surface area contributed by atoms with E-state index in [9.17, 15) is 4.79 Å². The number of nitrogens with two attached hydrogens (primary N) is 1. The van der Waals surface area contributed by atoms with E-state index in [1.54, 1.807) is 0 Å². The molecular formula is C10H20N2O. The van der Waals surface area contributed by atoms with E-state index in [2.05, 4.69) is 19.2 Å². The van der Waals surface area contributed by atoms with Crippen molar-refractivity contribution < 1.29 is 4.79 Å². The van der Waals surface area contributed by atoms with Gasteiger partial charge in [0.1, 0.15) is 0 Å². The van der Waals surface area contributed by atoms with Crippen LogP contribution in [0.25, 0.3) is 0 Å². The average molecular weight is 184 g/mol. The van der Waals surface area contributed by atoms with Gasteiger partial charge >= 0.3 is 0 Å². The third kappa shape index (κ3) is 3.77. The molecule has 0 saturated heterocycles. The molecule has 13 heavy (non-hydrogen) atoms. The van der Waals surface area contributed by atoms with Crippen LogP contribution in [-0.2, 0) is 4.79 Å². The van der Waals surface area contributed by atoms with E-state index < -0.39 is 0 Å². The molecule has 1 fully saturated rings. The number of amides is 1. The van der Waals surface area contributed by atoms with Gasteiger partial charge in [0.15, 0.2) is 0 Å². The van der Waals surface area contributed by atoms with Gasteiger partial charge in [-0.15, -0.1) is 0 Å². The summed E-state index contributed by atoms with van der Waals surface area (Å²) in [4.78, 5) is 11.4. The summed E-state index contributed by atoms with van der Waals surface area (Å²) in [6.45, 7) is 4.84. The molecule has 0 aromatic heterocycles. The van der Waals surface area contributed by atoms with E-state index in [4.69, 9.17) is 5.73 Å². The molecule has 1 unspecified atom stereocenters. The normalized spacial score (nSPS) is 18.8. The molecule has 0 spiro atoms. The second-order valence-electron chi connectivity index (χ2n) is 4.35. The van der Waals surface area contributed by atoms with Crippen LogP contribution in [0.15, 0.2) is 0 Å². The van der Waals surface area contributed by atoms with Crippen LogP contribution in [-0.4, -0.2) is 18.5 Å². The summed E-state index contributed by atoms with van der Waals surface area (Å²) in [5.74, 6) is 1.09. The summed E-state index contributed by atoms with van der Waals surface area (Å²) < 4.78 is 0. The third-order valence-electron chi connectivity index (χ3n) is 2.33. The zero-order chi connectivity index (χ0) is 9.84. The number of hydrogen-bond acceptors (Lipinski definition) is 2. The molecule has 1 atom stereocenters. The molecular weight excluding hydrogens is 164 g/mol. The van der Waals surface area contributed by atoms with Crippen molar-refractivity contribution in [1.29, 1.82) is 0 Å². The first kappa shape index (κ1) is 10.5. The fourth-order valence-electron chi connectivity index (χ4n) is 1.45. The predicted molar refractivity (Wildman–Crippen MR) is 53.2 cm³/mol. The molecule has 3 heteroatoms. The van der Waals surface area contributed by atoms with E-state index in [-0.39, 0.29) is 11.9 Å². The van der Waals surface area contributed by atoms with Crippen LogP contribution in [0.5, 0.6) is 0 Å². The van der Waals surface area contributed by atoms with Crippen LogP contribution < -0.4 is 11.1 Å². The standard InChI is InChI=1S/C10H20N2O/c1-7(2)5-9(6-11)12-10(13)8-3-4-8/h7-9H,3-6,11H2,1-2H3,(H,12,13). The van der Waals surface area contributed by atoms with Crippen LogP contribution in [0.1, 0.15) is 33.1 Å². The van der Waals surface area contributed by atoms with Crippen molar-refractivity contribution >= 4 is 5.91 Å². The lowest BCUT2D eigenvalue weighted by Crippen LogP contribution is -2.41. The zero-order valence-electron chi connectivity index (χ0n) is 8.55. The number of carbonyl (C=O) groups is 1. The average Bonchev–Trinajstić information content (AvgIpc) is 2.84. The Bertz CT molecular complexity index is 176. The van der Waals surface area contributed by atoms with Gasteiger partial charge < -0.3 is 11.1 Å². The lowest BCUT2D eigenvalue weighted by molar-refractivity contribution is -0.123. The van der Waals surface area contributed by atoms with Crippen LogP contribution in [0.2, 0.25) is 0 Å². The fraction of sp³-hybridized carbons (Fsp3) is 0.900. The molecule has 1 amide bonds. The predicted octanol–water partition coefficient (Wildman–Crippen LogP) is 0.886. The number of rotatable bonds is 5. The maximum Gasteiger partial charge on any atom is 0.223 e. The Kier molecular flexibility index (Phi) is 3.72. The van der Waals surface area contributed by atoms with Gasteiger partial charge in [0.2, 0.25) is 5.91 Å². The number of hydrogen-bond donors (Lipinski definition) is 2. The molecule has 3 nitrogen and oxygen atoms in total. The topological polar surface area (TPSA) is 55.1 Å². The zero-order valence-corrected chi connectivity index (χ0v) is 8.55. The Morgan fingerprint density at radius 1 is 1.54 bits per heavy atom. The molecule has 1 aliphatic rings. The molecule has 1 saturated carbocycles. The minimum atomic E-state index is 0.174. The van der Waals surface area contributed by atoms with Crippen molar-refractivity contribution in [3.63, 3.8) is 0 Å². The van der Waals surface area contributed by atoms with Crippen molar-refractivity contribution in [3.8, 4) is 0 Å². The van der Waals surface area contributed by atoms with E-state index in [1.165, 1.54) is 0 Å². The largest absolute Gasteiger partial charge is 0.352 e. The summed E-state index contributed by atoms with van der Waals surface area (Å²) in [6, 6.07) is 0.174. The summed E-state index contributed by atoms with van der Waals surface area (Å²) in [5, 5.41) is 3.00. The molecule has 0 aromatic carbocycles. The SMILES string of the molecule is CC(C)CC(CN)NC(=O)C1CC1. The Morgan fingerprint density at radius 2 is 2.15 bits per heavy atom. The molecule has 0 heterocycles. The van der Waals surface area contributed by atoms with Gasteiger partial charge in [-0.2, -0.15) is 0 Å². The highest BCUT2D eigenvalue weighted by Crippen LogP contribution is 2.29. The van der Waals surface area contributed by atoms with E-state index in [1.807, 2.05) is 0 Å². The maximum absolute atomic E-state index is 11.4. The fourth-order valence-corrected chi connectivity index (χ4v) is 1.45. The monoisotopic (exact) mass is 184 g/mol. The van der Waals surface area contributed by atoms with Gasteiger partial charge in [0, 0.05) is 18.5 Å². The van der Waals surface area contributed by atoms with Crippen molar-refractivity contribution in [3.05, 3.63) is 0 Å². The van der Waals surface area contributed by atoms with Crippen molar-refractivity contribution in [1.82, 2.24) is 5.32 Å². The van der Waals surface area contributed by atoms with Crippen LogP contribution in [0.4, 0.5) is 0 Å². The third-order valence-corrected chi connectivity index (χ3v) is 2.33. The smallest absolute Gasteiger partial charge is 0.223 e. The van der Waals surface area contributed by atoms with Gasteiger partial charge in [0.05, 0.1) is 0 Å². The first-order chi connectivity index (χ1) is 6.13. The molecule has 0 aromatic rings. The summed E-state index contributed by atoms with van der Waals surface area (Å²) >= 11 is 0. The Balaban J connectivity index is 2.25. The molecule has 0 radical (unpaired) electrons. The highest BCUT2D eigenvalue weighted by molar-refractivity contribution is 5.81. The highest BCUT2D eigenvalue weighted by Gasteiger charge is 2.30. The lowest BCUT2D eigenvalue weighted by atomic mass is 10.0. The van der Waals surface area contributed by atoms with E-state index in [0.29, 0.717) is 18.4 Å². The van der Waals surface area contributed by atoms with Gasteiger partial charge in [0.25, 0.3) is 0 Å². The Labute approximate surface area is 80.1 Å². The van der Waals surface area contributed by atoms with Gasteiger partial charge in [-0.1, -0.05) is 13.8 Å². The van der Waals surface area contributed by atoms with Crippen molar-refractivity contribution in [2.24, 2.45) is 17.6 Å². The Hall–Kier alpha value is -0.570. The van der Waals surface area contributed by atoms with Gasteiger partial charge in [-0.3, -0.25) is 4.79 Å². The van der Waals surface area contributed by atoms with Gasteiger partial charge in [-0.05, 0) is 25.2 Å². The first-order valence-corrected chi connectivity index (χ1v) is 5.14. The maximum atomic E-state index is 11.4. The molecule has 0 aliphatic heterocycles. The van der Waals surface area contributed by atoms with E-state index in [0.717, 1.165) is 19.3 Å². The van der Waals surface area contributed by atoms with Crippen LogP contribution in [0, 0.1) is 11.8 Å².